The van der Waals surface area contributed by atoms with Crippen LogP contribution in [0.1, 0.15) is 28.8 Å². The third-order valence-electron chi connectivity index (χ3n) is 9.57. The molecular weight excluding hydrogens is 546 g/mol. The van der Waals surface area contributed by atoms with Gasteiger partial charge in [-0.2, -0.15) is 13.7 Å². The fourth-order valence-corrected chi connectivity index (χ4v) is 7.58. The van der Waals surface area contributed by atoms with E-state index >= 15 is 0 Å². The van der Waals surface area contributed by atoms with Crippen LogP contribution in [0.5, 0.6) is 0 Å². The highest BCUT2D eigenvalue weighted by atomic mass is 15.1. The number of pyridine rings is 3. The summed E-state index contributed by atoms with van der Waals surface area (Å²) in [5, 5.41) is 0. The summed E-state index contributed by atoms with van der Waals surface area (Å²) in [6.07, 6.45) is 6.82. The molecule has 3 heteroatoms. The molecule has 45 heavy (non-hydrogen) atoms. The van der Waals surface area contributed by atoms with Crippen LogP contribution >= 0.6 is 0 Å². The predicted molar refractivity (Wildman–Crippen MR) is 177 cm³/mol. The highest BCUT2D eigenvalue weighted by molar-refractivity contribution is 5.72. The standard InChI is InChI=1S/C42H32N3/c1-2-14-30(15-3-1)31-24-27-45-40(28-31)35-19-7-9-21-37(35)42(45)41-36-20-8-6-18-34(36)38-22-10-12-25-43(38)29-32-16-4-5-17-33(32)39-23-11-13-26-44(39)41/h1-28,41-42H,29H2/q+3. The van der Waals surface area contributed by atoms with Gasteiger partial charge in [-0.05, 0) is 41.5 Å². The fourth-order valence-electron chi connectivity index (χ4n) is 7.58. The number of hydrogen-bond acceptors (Lipinski definition) is 0. The molecule has 0 bridgehead atoms. The predicted octanol–water partition coefficient (Wildman–Crippen LogP) is 7.77. The van der Waals surface area contributed by atoms with E-state index in [4.69, 9.17) is 0 Å². The average molecular weight is 579 g/mol. The van der Waals surface area contributed by atoms with Gasteiger partial charge in [0.05, 0.1) is 16.7 Å². The van der Waals surface area contributed by atoms with Crippen LogP contribution in [0.4, 0.5) is 0 Å². The summed E-state index contributed by atoms with van der Waals surface area (Å²) in [5.41, 5.74) is 13.9. The maximum atomic E-state index is 2.53. The van der Waals surface area contributed by atoms with E-state index in [2.05, 4.69) is 184 Å². The van der Waals surface area contributed by atoms with E-state index in [0.717, 1.165) is 6.54 Å². The highest BCUT2D eigenvalue weighted by Gasteiger charge is 2.49. The summed E-state index contributed by atoms with van der Waals surface area (Å²) in [6, 6.07) is 55.5. The van der Waals surface area contributed by atoms with Gasteiger partial charge in [0, 0.05) is 53.1 Å². The van der Waals surface area contributed by atoms with Crippen molar-refractivity contribution in [1.82, 2.24) is 0 Å². The van der Waals surface area contributed by atoms with Gasteiger partial charge in [0.1, 0.15) is 0 Å². The van der Waals surface area contributed by atoms with Crippen LogP contribution in [-0.2, 0) is 6.54 Å². The van der Waals surface area contributed by atoms with Gasteiger partial charge in [0.25, 0.3) is 0 Å². The average Bonchev–Trinajstić information content (AvgIpc) is 3.43. The quantitative estimate of drug-likeness (QED) is 0.186. The summed E-state index contributed by atoms with van der Waals surface area (Å²) < 4.78 is 7.45. The molecule has 0 fully saturated rings. The van der Waals surface area contributed by atoms with Crippen molar-refractivity contribution in [3.63, 3.8) is 0 Å². The molecule has 0 aliphatic carbocycles. The van der Waals surface area contributed by atoms with Crippen molar-refractivity contribution in [2.45, 2.75) is 18.6 Å². The SMILES string of the molecule is c1ccc(-c2cc[n+]3c(c2)-c2ccccc2C3C2c3ccccc3-c3cccc[n+]3Cc3ccccc3-c3cccc[n+]32)cc1. The molecule has 0 N–H and O–H groups in total. The van der Waals surface area contributed by atoms with E-state index in [0.29, 0.717) is 0 Å². The molecule has 2 aliphatic heterocycles. The minimum Gasteiger partial charge on any atom is -0.194 e. The molecule has 5 heterocycles. The van der Waals surface area contributed by atoms with Crippen LogP contribution in [0.25, 0.3) is 44.9 Å². The number of benzene rings is 4. The van der Waals surface area contributed by atoms with E-state index in [-0.39, 0.29) is 12.1 Å². The first-order valence-electron chi connectivity index (χ1n) is 15.7. The minimum atomic E-state index is -0.0211. The molecule has 0 amide bonds. The third kappa shape index (κ3) is 4.16. The van der Waals surface area contributed by atoms with E-state index in [9.17, 15) is 0 Å². The Morgan fingerprint density at radius 3 is 1.76 bits per heavy atom. The van der Waals surface area contributed by atoms with Crippen molar-refractivity contribution in [3.8, 4) is 44.9 Å². The van der Waals surface area contributed by atoms with Gasteiger partial charge in [-0.15, -0.1) is 0 Å². The van der Waals surface area contributed by atoms with Crippen LogP contribution in [0.3, 0.4) is 0 Å². The first kappa shape index (κ1) is 25.8. The van der Waals surface area contributed by atoms with Crippen LogP contribution in [0, 0.1) is 0 Å². The Kier molecular flexibility index (Phi) is 6.02. The molecule has 2 unspecified atom stereocenters. The smallest absolute Gasteiger partial charge is 0.194 e. The lowest BCUT2D eigenvalue weighted by molar-refractivity contribution is -0.790. The number of rotatable bonds is 2. The van der Waals surface area contributed by atoms with E-state index < -0.39 is 0 Å². The minimum absolute atomic E-state index is 0.0211. The van der Waals surface area contributed by atoms with Crippen LogP contribution in [-0.4, -0.2) is 0 Å². The first-order chi connectivity index (χ1) is 22.3. The van der Waals surface area contributed by atoms with Crippen molar-refractivity contribution in [2.24, 2.45) is 0 Å². The van der Waals surface area contributed by atoms with Gasteiger partial charge < -0.3 is 0 Å². The number of nitrogens with zero attached hydrogens (tertiary/aromatic N) is 3. The van der Waals surface area contributed by atoms with Crippen molar-refractivity contribution in [2.75, 3.05) is 0 Å². The van der Waals surface area contributed by atoms with Crippen molar-refractivity contribution < 1.29 is 13.7 Å². The van der Waals surface area contributed by atoms with E-state index in [1.807, 2.05) is 0 Å². The molecular formula is C42H32N3+3. The lowest BCUT2D eigenvalue weighted by atomic mass is 9.87. The molecule has 2 atom stereocenters. The molecule has 2 aliphatic rings. The second-order valence-electron chi connectivity index (χ2n) is 12.0. The highest BCUT2D eigenvalue weighted by Crippen LogP contribution is 2.43. The second-order valence-corrected chi connectivity index (χ2v) is 12.0. The second kappa shape index (κ2) is 10.5. The lowest BCUT2D eigenvalue weighted by Crippen LogP contribution is -2.54. The van der Waals surface area contributed by atoms with Crippen LogP contribution in [0.2, 0.25) is 0 Å². The van der Waals surface area contributed by atoms with Gasteiger partial charge >= 0.3 is 0 Å². The summed E-state index contributed by atoms with van der Waals surface area (Å²) in [6.45, 7) is 0.798. The van der Waals surface area contributed by atoms with E-state index in [1.165, 1.54) is 61.6 Å². The summed E-state index contributed by atoms with van der Waals surface area (Å²) in [4.78, 5) is 0. The van der Waals surface area contributed by atoms with Crippen LogP contribution < -0.4 is 13.7 Å². The number of hydrogen-bond donors (Lipinski definition) is 0. The first-order valence-corrected chi connectivity index (χ1v) is 15.7. The Bertz CT molecular complexity index is 2130. The Balaban J connectivity index is 1.36. The molecule has 4 aromatic carbocycles. The zero-order valence-electron chi connectivity index (χ0n) is 24.9. The lowest BCUT2D eigenvalue weighted by Gasteiger charge is -2.23. The Morgan fingerprint density at radius 2 is 0.978 bits per heavy atom. The molecule has 0 saturated heterocycles. The van der Waals surface area contributed by atoms with Gasteiger partial charge in [0.15, 0.2) is 25.1 Å². The van der Waals surface area contributed by atoms with Crippen LogP contribution in [0.15, 0.2) is 170 Å². The normalized spacial score (nSPS) is 15.9. The van der Waals surface area contributed by atoms with Gasteiger partial charge in [-0.3, -0.25) is 0 Å². The number of fused-ring (bicyclic) bond motifs is 9. The third-order valence-corrected chi connectivity index (χ3v) is 9.57. The maximum Gasteiger partial charge on any atom is 0.250 e. The summed E-state index contributed by atoms with van der Waals surface area (Å²) in [7, 11) is 0. The largest absolute Gasteiger partial charge is 0.250 e. The van der Waals surface area contributed by atoms with Crippen molar-refractivity contribution >= 4 is 0 Å². The maximum absolute atomic E-state index is 2.53. The molecule has 9 rings (SSSR count). The molecule has 212 valence electrons. The van der Waals surface area contributed by atoms with Gasteiger partial charge in [-0.1, -0.05) is 84.9 Å². The van der Waals surface area contributed by atoms with Gasteiger partial charge in [0.2, 0.25) is 29.2 Å². The molecule has 3 aromatic heterocycles. The summed E-state index contributed by atoms with van der Waals surface area (Å²) in [5.74, 6) is 0. The van der Waals surface area contributed by atoms with Gasteiger partial charge in [-0.25, -0.2) is 0 Å². The topological polar surface area (TPSA) is 11.6 Å². The Morgan fingerprint density at radius 1 is 0.400 bits per heavy atom. The number of aromatic nitrogens is 3. The van der Waals surface area contributed by atoms with Crippen molar-refractivity contribution in [1.29, 1.82) is 0 Å². The van der Waals surface area contributed by atoms with Crippen molar-refractivity contribution in [3.05, 3.63) is 187 Å². The van der Waals surface area contributed by atoms with E-state index in [1.54, 1.807) is 0 Å². The fraction of sp³-hybridized carbons (Fsp3) is 0.0714. The Labute approximate surface area is 263 Å². The molecule has 3 nitrogen and oxygen atoms in total. The molecule has 0 spiro atoms. The molecule has 0 radical (unpaired) electrons. The summed E-state index contributed by atoms with van der Waals surface area (Å²) >= 11 is 0. The molecule has 0 saturated carbocycles. The zero-order chi connectivity index (χ0) is 29.7. The zero-order valence-corrected chi connectivity index (χ0v) is 24.9. The Hall–Kier alpha value is -5.67. The monoisotopic (exact) mass is 578 g/mol. The molecule has 7 aromatic rings.